The highest BCUT2D eigenvalue weighted by Crippen LogP contribution is 2.19. The van der Waals surface area contributed by atoms with Crippen molar-refractivity contribution in [1.82, 2.24) is 9.80 Å². The lowest BCUT2D eigenvalue weighted by atomic mass is 10.0. The summed E-state index contributed by atoms with van der Waals surface area (Å²) in [6.07, 6.45) is 7.03. The van der Waals surface area contributed by atoms with Crippen molar-refractivity contribution in [2.45, 2.75) is 38.5 Å². The number of nitrogens with zero attached hydrogens (tertiary/aromatic N) is 2. The highest BCUT2D eigenvalue weighted by Gasteiger charge is 2.19. The van der Waals surface area contributed by atoms with E-state index in [1.54, 1.807) is 36.4 Å². The Balaban J connectivity index is 1.26. The Morgan fingerprint density at radius 2 is 1.06 bits per heavy atom. The lowest BCUT2D eigenvalue weighted by Gasteiger charge is -2.14. The summed E-state index contributed by atoms with van der Waals surface area (Å²) < 4.78 is 11.7. The van der Waals surface area contributed by atoms with Crippen molar-refractivity contribution < 1.29 is 19.1 Å². The molecule has 0 amide bonds. The third kappa shape index (κ3) is 7.15. The first-order valence-corrected chi connectivity index (χ1v) is 12.7. The van der Waals surface area contributed by atoms with E-state index in [1.165, 1.54) is 51.9 Å². The average molecular weight is 465 g/mol. The quantitative estimate of drug-likeness (QED) is 0.247. The molecule has 0 aromatic heterocycles. The Hall–Kier alpha value is -2.70. The van der Waals surface area contributed by atoms with Gasteiger partial charge in [-0.1, -0.05) is 24.3 Å². The predicted octanol–water partition coefficient (Wildman–Crippen LogP) is 4.48. The van der Waals surface area contributed by atoms with E-state index in [9.17, 15) is 9.59 Å². The molecule has 6 heteroatoms. The van der Waals surface area contributed by atoms with Crippen LogP contribution in [0.3, 0.4) is 0 Å². The van der Waals surface area contributed by atoms with Crippen molar-refractivity contribution >= 4 is 11.6 Å². The van der Waals surface area contributed by atoms with Gasteiger partial charge in [-0.15, -0.1) is 0 Å². The molecule has 2 aromatic rings. The minimum Gasteiger partial charge on any atom is -0.494 e. The van der Waals surface area contributed by atoms with E-state index in [2.05, 4.69) is 9.80 Å². The Morgan fingerprint density at radius 3 is 1.47 bits per heavy atom. The number of likely N-dealkylation sites (tertiary alicyclic amines) is 2. The molecule has 0 atom stereocenters. The molecule has 6 nitrogen and oxygen atoms in total. The van der Waals surface area contributed by atoms with E-state index < -0.39 is 11.6 Å². The van der Waals surface area contributed by atoms with Gasteiger partial charge in [0.15, 0.2) is 0 Å². The summed E-state index contributed by atoms with van der Waals surface area (Å²) in [5.41, 5.74) is 0.693. The van der Waals surface area contributed by atoms with Gasteiger partial charge in [0.05, 0.1) is 13.2 Å². The minimum absolute atomic E-state index is 0.346. The monoisotopic (exact) mass is 464 g/mol. The van der Waals surface area contributed by atoms with Crippen LogP contribution in [0.25, 0.3) is 0 Å². The Morgan fingerprint density at radius 1 is 0.647 bits per heavy atom. The highest BCUT2D eigenvalue weighted by molar-refractivity contribution is 6.49. The van der Waals surface area contributed by atoms with E-state index in [4.69, 9.17) is 9.47 Å². The van der Waals surface area contributed by atoms with Crippen LogP contribution in [0.5, 0.6) is 11.5 Å². The predicted molar refractivity (Wildman–Crippen MR) is 133 cm³/mol. The fraction of sp³-hybridized carbons (Fsp3) is 0.500. The maximum absolute atomic E-state index is 12.9. The van der Waals surface area contributed by atoms with Gasteiger partial charge in [-0.25, -0.2) is 0 Å². The molecule has 182 valence electrons. The van der Waals surface area contributed by atoms with E-state index >= 15 is 0 Å². The molecule has 2 aromatic carbocycles. The summed E-state index contributed by atoms with van der Waals surface area (Å²) in [5, 5.41) is 0. The topological polar surface area (TPSA) is 59.1 Å². The molecule has 0 unspecified atom stereocenters. The second-order valence-corrected chi connectivity index (χ2v) is 9.22. The maximum Gasteiger partial charge on any atom is 0.233 e. The summed E-state index contributed by atoms with van der Waals surface area (Å²) in [6.45, 7) is 7.97. The first-order chi connectivity index (χ1) is 16.7. The normalized spacial score (nSPS) is 16.6. The summed E-state index contributed by atoms with van der Waals surface area (Å²) in [5.74, 6) is 0.174. The fourth-order valence-corrected chi connectivity index (χ4v) is 4.69. The zero-order valence-electron chi connectivity index (χ0n) is 20.0. The van der Waals surface area contributed by atoms with Crippen LogP contribution in [0.2, 0.25) is 0 Å². The third-order valence-electron chi connectivity index (χ3n) is 6.57. The summed E-state index contributed by atoms with van der Waals surface area (Å²) in [4.78, 5) is 30.6. The van der Waals surface area contributed by atoms with Gasteiger partial charge in [0, 0.05) is 24.2 Å². The largest absolute Gasteiger partial charge is 0.494 e. The zero-order chi connectivity index (χ0) is 23.6. The molecule has 0 saturated carbocycles. The zero-order valence-corrected chi connectivity index (χ0v) is 20.0. The van der Waals surface area contributed by atoms with Gasteiger partial charge in [0.1, 0.15) is 11.5 Å². The van der Waals surface area contributed by atoms with Gasteiger partial charge in [0.25, 0.3) is 0 Å². The van der Waals surface area contributed by atoms with Crippen LogP contribution in [0.1, 0.15) is 59.2 Å². The van der Waals surface area contributed by atoms with E-state index in [-0.39, 0.29) is 0 Å². The number of ether oxygens (including phenoxy) is 2. The van der Waals surface area contributed by atoms with Crippen LogP contribution in [-0.2, 0) is 0 Å². The maximum atomic E-state index is 12.9. The van der Waals surface area contributed by atoms with Gasteiger partial charge in [-0.2, -0.15) is 0 Å². The molecule has 0 bridgehead atoms. The molecule has 2 heterocycles. The van der Waals surface area contributed by atoms with Crippen LogP contribution in [0, 0.1) is 0 Å². The summed E-state index contributed by atoms with van der Waals surface area (Å²) in [7, 11) is 0. The Kier molecular flexibility index (Phi) is 9.11. The lowest BCUT2D eigenvalue weighted by molar-refractivity contribution is 0.0816. The van der Waals surface area contributed by atoms with Gasteiger partial charge >= 0.3 is 0 Å². The molecule has 2 aliphatic heterocycles. The van der Waals surface area contributed by atoms with Crippen LogP contribution in [-0.4, -0.2) is 73.8 Å². The van der Waals surface area contributed by atoms with Crippen LogP contribution >= 0.6 is 0 Å². The molecule has 0 aliphatic carbocycles. The molecular formula is C28H36N2O4. The van der Waals surface area contributed by atoms with E-state index in [1.807, 2.05) is 12.1 Å². The standard InChI is InChI=1S/C28H36N2O4/c31-27(23-9-5-11-25(21-23)33-19-7-17-29-13-1-2-14-29)28(32)24-10-6-12-26(22-24)34-20-8-18-30-15-3-4-16-30/h5-6,9-12,21-22H,1-4,7-8,13-20H2. The smallest absolute Gasteiger partial charge is 0.233 e. The number of ketones is 2. The molecule has 0 radical (unpaired) electrons. The van der Waals surface area contributed by atoms with Crippen molar-refractivity contribution in [1.29, 1.82) is 0 Å². The fourth-order valence-electron chi connectivity index (χ4n) is 4.69. The molecular weight excluding hydrogens is 428 g/mol. The van der Waals surface area contributed by atoms with Crippen LogP contribution in [0.4, 0.5) is 0 Å². The number of rotatable bonds is 13. The lowest BCUT2D eigenvalue weighted by Crippen LogP contribution is -2.22. The Labute approximate surface area is 202 Å². The van der Waals surface area contributed by atoms with Crippen LogP contribution in [0.15, 0.2) is 48.5 Å². The first kappa shape index (κ1) is 24.4. The number of carbonyl (C=O) groups is 2. The second-order valence-electron chi connectivity index (χ2n) is 9.22. The van der Waals surface area contributed by atoms with E-state index in [0.717, 1.165) is 25.9 Å². The molecule has 0 N–H and O–H groups in total. The number of Topliss-reactive ketones (excluding diaryl/α,β-unsaturated/α-hetero) is 2. The molecule has 2 aliphatic rings. The van der Waals surface area contributed by atoms with Gasteiger partial charge in [-0.3, -0.25) is 9.59 Å². The van der Waals surface area contributed by atoms with Gasteiger partial charge < -0.3 is 19.3 Å². The summed E-state index contributed by atoms with van der Waals surface area (Å²) >= 11 is 0. The van der Waals surface area contributed by atoms with Crippen molar-refractivity contribution in [2.75, 3.05) is 52.5 Å². The molecule has 0 spiro atoms. The number of hydrogen-bond donors (Lipinski definition) is 0. The minimum atomic E-state index is -0.534. The number of benzene rings is 2. The molecule has 2 saturated heterocycles. The van der Waals surface area contributed by atoms with Crippen molar-refractivity contribution in [3.63, 3.8) is 0 Å². The van der Waals surface area contributed by atoms with Crippen molar-refractivity contribution in [3.8, 4) is 11.5 Å². The molecule has 34 heavy (non-hydrogen) atoms. The van der Waals surface area contributed by atoms with Crippen LogP contribution < -0.4 is 9.47 Å². The van der Waals surface area contributed by atoms with E-state index in [0.29, 0.717) is 35.8 Å². The third-order valence-corrected chi connectivity index (χ3v) is 6.57. The van der Waals surface area contributed by atoms with Gasteiger partial charge in [0.2, 0.25) is 11.6 Å². The molecule has 2 fully saturated rings. The average Bonchev–Trinajstić information content (AvgIpc) is 3.59. The van der Waals surface area contributed by atoms with Crippen molar-refractivity contribution in [2.24, 2.45) is 0 Å². The van der Waals surface area contributed by atoms with Gasteiger partial charge in [-0.05, 0) is 89.0 Å². The first-order valence-electron chi connectivity index (χ1n) is 12.7. The number of hydrogen-bond acceptors (Lipinski definition) is 6. The van der Waals surface area contributed by atoms with Crippen molar-refractivity contribution in [3.05, 3.63) is 59.7 Å². The second kappa shape index (κ2) is 12.7. The highest BCUT2D eigenvalue weighted by atomic mass is 16.5. The number of carbonyl (C=O) groups excluding carboxylic acids is 2. The SMILES string of the molecule is O=C(C(=O)c1cccc(OCCCN2CCCC2)c1)c1cccc(OCCCN2CCCC2)c1. The summed E-state index contributed by atoms with van der Waals surface area (Å²) in [6, 6.07) is 13.8. The Bertz CT molecular complexity index is 871. The molecule has 4 rings (SSSR count).